The summed E-state index contributed by atoms with van der Waals surface area (Å²) in [7, 11) is 0. The van der Waals surface area contributed by atoms with Crippen molar-refractivity contribution in [2.75, 3.05) is 12.3 Å². The van der Waals surface area contributed by atoms with Crippen molar-refractivity contribution in [2.45, 2.75) is 25.9 Å². The van der Waals surface area contributed by atoms with Gasteiger partial charge in [-0.3, -0.25) is 0 Å². The van der Waals surface area contributed by atoms with E-state index in [9.17, 15) is 13.2 Å². The van der Waals surface area contributed by atoms with E-state index in [0.29, 0.717) is 13.1 Å². The Morgan fingerprint density at radius 2 is 1.94 bits per heavy atom. The van der Waals surface area contributed by atoms with Gasteiger partial charge in [0.25, 0.3) is 0 Å². The van der Waals surface area contributed by atoms with Crippen molar-refractivity contribution >= 4 is 11.8 Å². The molecule has 1 nitrogen and oxygen atoms in total. The summed E-state index contributed by atoms with van der Waals surface area (Å²) in [4.78, 5) is 0. The Labute approximate surface area is 104 Å². The van der Waals surface area contributed by atoms with Crippen molar-refractivity contribution in [2.24, 2.45) is 0 Å². The SMILES string of the molecule is Cc1ccc(CNCCSC(F)(F)F)c(C)c1. The number of hydrogen-bond acceptors (Lipinski definition) is 2. The Kier molecular flexibility index (Phi) is 5.33. The van der Waals surface area contributed by atoms with Gasteiger partial charge in [0.1, 0.15) is 0 Å². The van der Waals surface area contributed by atoms with E-state index in [-0.39, 0.29) is 17.5 Å². The highest BCUT2D eigenvalue weighted by Crippen LogP contribution is 2.29. The van der Waals surface area contributed by atoms with Gasteiger partial charge in [-0.05, 0) is 36.7 Å². The number of alkyl halides is 3. The minimum Gasteiger partial charge on any atom is -0.312 e. The highest BCUT2D eigenvalue weighted by atomic mass is 32.2. The third-order valence-electron chi connectivity index (χ3n) is 2.36. The maximum absolute atomic E-state index is 11.8. The fraction of sp³-hybridized carbons (Fsp3) is 0.500. The molecule has 5 heteroatoms. The molecule has 1 aromatic rings. The summed E-state index contributed by atoms with van der Waals surface area (Å²) in [5, 5.41) is 3.01. The zero-order valence-electron chi connectivity index (χ0n) is 9.90. The highest BCUT2D eigenvalue weighted by Gasteiger charge is 2.27. The largest absolute Gasteiger partial charge is 0.441 e. The second kappa shape index (κ2) is 6.31. The second-order valence-corrected chi connectivity index (χ2v) is 5.06. The predicted molar refractivity (Wildman–Crippen MR) is 66.1 cm³/mol. The van der Waals surface area contributed by atoms with Gasteiger partial charge in [0, 0.05) is 18.8 Å². The number of halogens is 3. The van der Waals surface area contributed by atoms with Crippen LogP contribution in [0.3, 0.4) is 0 Å². The number of hydrogen-bond donors (Lipinski definition) is 1. The number of rotatable bonds is 5. The first-order valence-electron chi connectivity index (χ1n) is 5.36. The summed E-state index contributed by atoms with van der Waals surface area (Å²) in [5.74, 6) is 0.0500. The van der Waals surface area contributed by atoms with Crippen molar-refractivity contribution in [3.63, 3.8) is 0 Å². The molecule has 0 radical (unpaired) electrons. The first-order chi connectivity index (χ1) is 7.88. The van der Waals surface area contributed by atoms with Gasteiger partial charge in [0.15, 0.2) is 0 Å². The highest BCUT2D eigenvalue weighted by molar-refractivity contribution is 8.00. The van der Waals surface area contributed by atoms with Crippen LogP contribution in [0.25, 0.3) is 0 Å². The lowest BCUT2D eigenvalue weighted by Crippen LogP contribution is -2.18. The molecule has 0 spiro atoms. The average molecular weight is 263 g/mol. The minimum atomic E-state index is -4.12. The molecule has 0 aliphatic heterocycles. The van der Waals surface area contributed by atoms with E-state index in [1.54, 1.807) is 0 Å². The van der Waals surface area contributed by atoms with Crippen LogP contribution in [0.1, 0.15) is 16.7 Å². The Morgan fingerprint density at radius 3 is 2.53 bits per heavy atom. The molecule has 0 unspecified atom stereocenters. The molecule has 0 heterocycles. The quantitative estimate of drug-likeness (QED) is 0.814. The van der Waals surface area contributed by atoms with Gasteiger partial charge >= 0.3 is 5.51 Å². The number of thioether (sulfide) groups is 1. The fourth-order valence-electron chi connectivity index (χ4n) is 1.51. The average Bonchev–Trinajstić information content (AvgIpc) is 2.18. The van der Waals surface area contributed by atoms with Gasteiger partial charge in [-0.25, -0.2) is 0 Å². The molecule has 0 amide bonds. The molecule has 0 aliphatic rings. The molecule has 0 atom stereocenters. The monoisotopic (exact) mass is 263 g/mol. The first-order valence-corrected chi connectivity index (χ1v) is 6.34. The molecule has 17 heavy (non-hydrogen) atoms. The molecule has 96 valence electrons. The minimum absolute atomic E-state index is 0.0129. The fourth-order valence-corrected chi connectivity index (χ4v) is 1.98. The van der Waals surface area contributed by atoms with Crippen molar-refractivity contribution in [3.05, 3.63) is 34.9 Å². The van der Waals surface area contributed by atoms with E-state index in [0.717, 1.165) is 5.56 Å². The molecule has 1 N–H and O–H groups in total. The van der Waals surface area contributed by atoms with Crippen LogP contribution in [0.5, 0.6) is 0 Å². The first kappa shape index (κ1) is 14.4. The van der Waals surface area contributed by atoms with Gasteiger partial charge in [-0.2, -0.15) is 13.2 Å². The second-order valence-electron chi connectivity index (χ2n) is 3.90. The normalized spacial score (nSPS) is 11.8. The lowest BCUT2D eigenvalue weighted by molar-refractivity contribution is -0.0327. The Hall–Kier alpha value is -0.680. The summed E-state index contributed by atoms with van der Waals surface area (Å²) < 4.78 is 35.5. The smallest absolute Gasteiger partial charge is 0.312 e. The van der Waals surface area contributed by atoms with Gasteiger partial charge in [-0.1, -0.05) is 23.8 Å². The van der Waals surface area contributed by atoms with Crippen LogP contribution >= 0.6 is 11.8 Å². The zero-order valence-corrected chi connectivity index (χ0v) is 10.7. The van der Waals surface area contributed by atoms with Crippen LogP contribution in [-0.2, 0) is 6.54 Å². The van der Waals surface area contributed by atoms with Gasteiger partial charge in [-0.15, -0.1) is 0 Å². The Balaban J connectivity index is 2.27. The third kappa shape index (κ3) is 5.98. The lowest BCUT2D eigenvalue weighted by Gasteiger charge is -2.09. The molecule has 0 saturated carbocycles. The van der Waals surface area contributed by atoms with Crippen LogP contribution in [0.15, 0.2) is 18.2 Å². The molecular weight excluding hydrogens is 247 g/mol. The van der Waals surface area contributed by atoms with Gasteiger partial charge in [0.2, 0.25) is 0 Å². The van der Waals surface area contributed by atoms with Crippen molar-refractivity contribution < 1.29 is 13.2 Å². The predicted octanol–water partition coefficient (Wildman–Crippen LogP) is 3.65. The molecule has 1 rings (SSSR count). The van der Waals surface area contributed by atoms with Crippen molar-refractivity contribution in [3.8, 4) is 0 Å². The number of aryl methyl sites for hydroxylation is 2. The summed E-state index contributed by atoms with van der Waals surface area (Å²) in [6.07, 6.45) is 0. The standard InChI is InChI=1S/C12H16F3NS/c1-9-3-4-11(10(2)7-9)8-16-5-6-17-12(13,14)15/h3-4,7,16H,5-6,8H2,1-2H3. The van der Waals surface area contributed by atoms with E-state index in [2.05, 4.69) is 11.4 Å². The maximum atomic E-state index is 11.8. The zero-order chi connectivity index (χ0) is 12.9. The Morgan fingerprint density at radius 1 is 1.24 bits per heavy atom. The summed E-state index contributed by atoms with van der Waals surface area (Å²) >= 11 is 0.0129. The van der Waals surface area contributed by atoms with Crippen molar-refractivity contribution in [1.82, 2.24) is 5.32 Å². The third-order valence-corrected chi connectivity index (χ3v) is 3.09. The summed E-state index contributed by atoms with van der Waals surface area (Å²) in [6.45, 7) is 5.00. The number of nitrogens with one attached hydrogen (secondary N) is 1. The molecule has 1 aromatic carbocycles. The van der Waals surface area contributed by atoms with Crippen LogP contribution in [0.2, 0.25) is 0 Å². The molecule has 0 saturated heterocycles. The van der Waals surface area contributed by atoms with Crippen molar-refractivity contribution in [1.29, 1.82) is 0 Å². The van der Waals surface area contributed by atoms with E-state index in [1.807, 2.05) is 26.0 Å². The number of benzene rings is 1. The molecule has 0 aliphatic carbocycles. The molecule has 0 aromatic heterocycles. The van der Waals surface area contributed by atoms with E-state index in [1.165, 1.54) is 11.1 Å². The van der Waals surface area contributed by atoms with Crippen LogP contribution in [0.4, 0.5) is 13.2 Å². The van der Waals surface area contributed by atoms with Crippen LogP contribution in [-0.4, -0.2) is 17.8 Å². The maximum Gasteiger partial charge on any atom is 0.441 e. The Bertz CT molecular complexity index is 363. The van der Waals surface area contributed by atoms with E-state index < -0.39 is 5.51 Å². The summed E-state index contributed by atoms with van der Waals surface area (Å²) in [5.41, 5.74) is -0.631. The van der Waals surface area contributed by atoms with Crippen LogP contribution < -0.4 is 5.32 Å². The molecule has 0 fully saturated rings. The molecule has 0 bridgehead atoms. The lowest BCUT2D eigenvalue weighted by atomic mass is 10.1. The van der Waals surface area contributed by atoms with E-state index in [4.69, 9.17) is 0 Å². The van der Waals surface area contributed by atoms with Crippen LogP contribution in [0, 0.1) is 13.8 Å². The van der Waals surface area contributed by atoms with Gasteiger partial charge < -0.3 is 5.32 Å². The molecular formula is C12H16F3NS. The van der Waals surface area contributed by atoms with Gasteiger partial charge in [0.05, 0.1) is 0 Å². The summed E-state index contributed by atoms with van der Waals surface area (Å²) in [6, 6.07) is 6.09. The topological polar surface area (TPSA) is 12.0 Å². The van der Waals surface area contributed by atoms with E-state index >= 15 is 0 Å².